The van der Waals surface area contributed by atoms with Gasteiger partial charge in [-0.25, -0.2) is 0 Å². The van der Waals surface area contributed by atoms with Gasteiger partial charge in [0.05, 0.1) is 0 Å². The molecule has 0 aliphatic heterocycles. The summed E-state index contributed by atoms with van der Waals surface area (Å²) >= 11 is 0. The third-order valence-corrected chi connectivity index (χ3v) is 4.96. The summed E-state index contributed by atoms with van der Waals surface area (Å²) < 4.78 is 0. The fraction of sp³-hybridized carbons (Fsp3) is 0.632. The molecule has 1 saturated carbocycles. The van der Waals surface area contributed by atoms with Gasteiger partial charge >= 0.3 is 0 Å². The molecule has 1 fully saturated rings. The van der Waals surface area contributed by atoms with Crippen molar-refractivity contribution in [3.63, 3.8) is 0 Å². The van der Waals surface area contributed by atoms with Gasteiger partial charge in [-0.15, -0.1) is 0 Å². The van der Waals surface area contributed by atoms with E-state index in [0.717, 1.165) is 32.2 Å². The lowest BCUT2D eigenvalue weighted by Gasteiger charge is -2.26. The minimum atomic E-state index is 0.0873. The summed E-state index contributed by atoms with van der Waals surface area (Å²) in [6.45, 7) is 5.89. The second-order valence-electron chi connectivity index (χ2n) is 7.12. The van der Waals surface area contributed by atoms with Crippen LogP contribution in [0, 0.1) is 5.92 Å². The molecule has 2 atom stereocenters. The van der Waals surface area contributed by atoms with Crippen molar-refractivity contribution in [1.29, 1.82) is 0 Å². The highest BCUT2D eigenvalue weighted by atomic mass is 16.1. The van der Waals surface area contributed by atoms with E-state index in [4.69, 9.17) is 5.73 Å². The van der Waals surface area contributed by atoms with E-state index in [9.17, 15) is 4.79 Å². The summed E-state index contributed by atoms with van der Waals surface area (Å²) in [5.41, 5.74) is 8.48. The maximum absolute atomic E-state index is 12.4. The number of nitrogens with zero attached hydrogens (tertiary/aromatic N) is 1. The lowest BCUT2D eigenvalue weighted by atomic mass is 9.85. The molecule has 1 aliphatic carbocycles. The van der Waals surface area contributed by atoms with E-state index < -0.39 is 0 Å². The van der Waals surface area contributed by atoms with Crippen molar-refractivity contribution in [3.05, 3.63) is 35.4 Å². The Morgan fingerprint density at radius 1 is 1.30 bits per heavy atom. The number of carbonyl (C=O) groups excluding carboxylic acids is 1. The van der Waals surface area contributed by atoms with Crippen molar-refractivity contribution in [2.24, 2.45) is 11.7 Å². The molecule has 0 spiro atoms. The van der Waals surface area contributed by atoms with Crippen LogP contribution < -0.4 is 11.1 Å². The van der Waals surface area contributed by atoms with Crippen LogP contribution in [0.1, 0.15) is 50.7 Å². The number of benzene rings is 1. The monoisotopic (exact) mass is 317 g/mol. The molecule has 0 aromatic heterocycles. The van der Waals surface area contributed by atoms with Gasteiger partial charge in [0.15, 0.2) is 0 Å². The first-order valence-electron chi connectivity index (χ1n) is 8.77. The molecule has 2 unspecified atom stereocenters. The molecular weight excluding hydrogens is 286 g/mol. The minimum absolute atomic E-state index is 0.0873. The van der Waals surface area contributed by atoms with Crippen molar-refractivity contribution >= 4 is 5.91 Å². The predicted molar refractivity (Wildman–Crippen MR) is 94.8 cm³/mol. The number of amides is 1. The van der Waals surface area contributed by atoms with E-state index in [1.165, 1.54) is 11.1 Å². The summed E-state index contributed by atoms with van der Waals surface area (Å²) in [6.07, 6.45) is 3.91. The van der Waals surface area contributed by atoms with E-state index in [2.05, 4.69) is 49.3 Å². The van der Waals surface area contributed by atoms with E-state index in [1.54, 1.807) is 0 Å². The van der Waals surface area contributed by atoms with E-state index >= 15 is 0 Å². The Bertz CT molecular complexity index is 515. The van der Waals surface area contributed by atoms with Crippen LogP contribution in [0.3, 0.4) is 0 Å². The molecule has 0 heterocycles. The molecule has 23 heavy (non-hydrogen) atoms. The first kappa shape index (κ1) is 18.0. The van der Waals surface area contributed by atoms with Crippen molar-refractivity contribution in [2.75, 3.05) is 7.05 Å². The van der Waals surface area contributed by atoms with Crippen LogP contribution in [-0.4, -0.2) is 29.9 Å². The van der Waals surface area contributed by atoms with Gasteiger partial charge in [-0.05, 0) is 51.3 Å². The van der Waals surface area contributed by atoms with Crippen molar-refractivity contribution < 1.29 is 4.79 Å². The van der Waals surface area contributed by atoms with Crippen LogP contribution in [-0.2, 0) is 17.9 Å². The molecule has 2 rings (SSSR count). The van der Waals surface area contributed by atoms with Gasteiger partial charge in [-0.3, -0.25) is 9.69 Å². The molecule has 128 valence electrons. The van der Waals surface area contributed by atoms with Gasteiger partial charge in [0.25, 0.3) is 0 Å². The first-order valence-corrected chi connectivity index (χ1v) is 8.77. The van der Waals surface area contributed by atoms with Gasteiger partial charge in [0.1, 0.15) is 0 Å². The molecule has 4 nitrogen and oxygen atoms in total. The maximum Gasteiger partial charge on any atom is 0.223 e. The number of carbonyl (C=O) groups is 1. The SMILES string of the molecule is CC(C)N(C)Cc1ccccc1CNC(=O)C1CCCC(N)C1. The highest BCUT2D eigenvalue weighted by Crippen LogP contribution is 2.23. The molecule has 1 aromatic carbocycles. The lowest BCUT2D eigenvalue weighted by molar-refractivity contribution is -0.126. The fourth-order valence-corrected chi connectivity index (χ4v) is 3.13. The van der Waals surface area contributed by atoms with E-state index in [0.29, 0.717) is 12.6 Å². The largest absolute Gasteiger partial charge is 0.352 e. The average Bonchev–Trinajstić information content (AvgIpc) is 2.53. The van der Waals surface area contributed by atoms with Crippen LogP contribution in [0.25, 0.3) is 0 Å². The Hall–Kier alpha value is -1.39. The zero-order valence-electron chi connectivity index (χ0n) is 14.7. The van der Waals surface area contributed by atoms with Crippen molar-refractivity contribution in [3.8, 4) is 0 Å². The standard InChI is InChI=1S/C19H31N3O/c1-14(2)22(3)13-17-8-5-4-7-16(17)12-21-19(23)15-9-6-10-18(20)11-15/h4-5,7-8,14-15,18H,6,9-13,20H2,1-3H3,(H,21,23). The Morgan fingerprint density at radius 3 is 2.65 bits per heavy atom. The molecule has 0 radical (unpaired) electrons. The normalized spacial score (nSPS) is 21.7. The first-order chi connectivity index (χ1) is 11.0. The Balaban J connectivity index is 1.93. The zero-order chi connectivity index (χ0) is 16.8. The summed E-state index contributed by atoms with van der Waals surface area (Å²) in [5.74, 6) is 0.247. The number of hydrogen-bond acceptors (Lipinski definition) is 3. The van der Waals surface area contributed by atoms with Crippen LogP contribution in [0.4, 0.5) is 0 Å². The highest BCUT2D eigenvalue weighted by Gasteiger charge is 2.25. The van der Waals surface area contributed by atoms with Gasteiger partial charge < -0.3 is 11.1 Å². The molecule has 4 heteroatoms. The number of hydrogen-bond donors (Lipinski definition) is 2. The number of rotatable bonds is 6. The second kappa shape index (κ2) is 8.46. The van der Waals surface area contributed by atoms with Crippen molar-refractivity contribution in [2.45, 2.75) is 64.7 Å². The Kier molecular flexibility index (Phi) is 6.60. The van der Waals surface area contributed by atoms with Gasteiger partial charge in [0.2, 0.25) is 5.91 Å². The summed E-state index contributed by atoms with van der Waals surface area (Å²) in [6, 6.07) is 9.05. The van der Waals surface area contributed by atoms with Crippen LogP contribution in [0.15, 0.2) is 24.3 Å². The molecule has 1 amide bonds. The average molecular weight is 317 g/mol. The molecule has 1 aliphatic rings. The highest BCUT2D eigenvalue weighted by molar-refractivity contribution is 5.78. The second-order valence-corrected chi connectivity index (χ2v) is 7.12. The quantitative estimate of drug-likeness (QED) is 0.848. The van der Waals surface area contributed by atoms with Gasteiger partial charge in [-0.1, -0.05) is 30.7 Å². The molecule has 1 aromatic rings. The topological polar surface area (TPSA) is 58.4 Å². The third-order valence-electron chi connectivity index (χ3n) is 4.96. The Morgan fingerprint density at radius 2 is 2.00 bits per heavy atom. The predicted octanol–water partition coefficient (Wildman–Crippen LogP) is 2.66. The minimum Gasteiger partial charge on any atom is -0.352 e. The van der Waals surface area contributed by atoms with Gasteiger partial charge in [0, 0.05) is 31.1 Å². The van der Waals surface area contributed by atoms with Gasteiger partial charge in [-0.2, -0.15) is 0 Å². The smallest absolute Gasteiger partial charge is 0.223 e. The van der Waals surface area contributed by atoms with Crippen LogP contribution in [0.2, 0.25) is 0 Å². The van der Waals surface area contributed by atoms with Crippen molar-refractivity contribution in [1.82, 2.24) is 10.2 Å². The molecular formula is C19H31N3O. The summed E-state index contributed by atoms with van der Waals surface area (Å²) in [5, 5.41) is 3.12. The Labute approximate surface area is 140 Å². The summed E-state index contributed by atoms with van der Waals surface area (Å²) in [4.78, 5) is 14.7. The van der Waals surface area contributed by atoms with E-state index in [1.807, 2.05) is 6.07 Å². The number of nitrogens with one attached hydrogen (secondary N) is 1. The van der Waals surface area contributed by atoms with Crippen LogP contribution in [0.5, 0.6) is 0 Å². The maximum atomic E-state index is 12.4. The molecule has 3 N–H and O–H groups in total. The lowest BCUT2D eigenvalue weighted by Crippen LogP contribution is -2.37. The van der Waals surface area contributed by atoms with Crippen LogP contribution >= 0.6 is 0 Å². The fourth-order valence-electron chi connectivity index (χ4n) is 3.13. The van der Waals surface area contributed by atoms with E-state index in [-0.39, 0.29) is 17.9 Å². The molecule has 0 saturated heterocycles. The zero-order valence-corrected chi connectivity index (χ0v) is 14.7. The number of nitrogens with two attached hydrogens (primary N) is 1. The third kappa shape index (κ3) is 5.33. The molecule has 0 bridgehead atoms. The summed E-state index contributed by atoms with van der Waals surface area (Å²) in [7, 11) is 2.13.